The van der Waals surface area contributed by atoms with Crippen molar-refractivity contribution in [2.75, 3.05) is 37.3 Å². The first-order chi connectivity index (χ1) is 14.3. The predicted molar refractivity (Wildman–Crippen MR) is 114 cm³/mol. The fourth-order valence-electron chi connectivity index (χ4n) is 2.81. The van der Waals surface area contributed by atoms with E-state index in [9.17, 15) is 18.8 Å². The van der Waals surface area contributed by atoms with Crippen LogP contribution in [0.2, 0.25) is 0 Å². The van der Waals surface area contributed by atoms with Crippen LogP contribution in [0.3, 0.4) is 0 Å². The molecule has 2 aromatic carbocycles. The first-order valence-electron chi connectivity index (χ1n) is 9.65. The molecule has 2 aromatic rings. The van der Waals surface area contributed by atoms with Gasteiger partial charge in [0.2, 0.25) is 17.7 Å². The first kappa shape index (κ1) is 23.0. The molecule has 0 aliphatic heterocycles. The lowest BCUT2D eigenvalue weighted by Gasteiger charge is -2.24. The summed E-state index contributed by atoms with van der Waals surface area (Å²) in [6.07, 6.45) is 0. The SMILES string of the molecule is CCN(CC(=O)Nc1ccc(NC(C)=O)cc1)CC(=O)N(C)Cc1ccccc1F. The summed E-state index contributed by atoms with van der Waals surface area (Å²) >= 11 is 0. The van der Waals surface area contributed by atoms with E-state index in [1.54, 1.807) is 54.4 Å². The standard InChI is InChI=1S/C22H27FN4O3/c1-4-27(15-22(30)26(3)13-17-7-5-6-8-20(17)23)14-21(29)25-19-11-9-18(10-12-19)24-16(2)28/h5-12H,4,13-15H2,1-3H3,(H,24,28)(H,25,29). The Labute approximate surface area is 175 Å². The van der Waals surface area contributed by atoms with Crippen LogP contribution >= 0.6 is 0 Å². The third-order valence-electron chi connectivity index (χ3n) is 4.45. The van der Waals surface area contributed by atoms with Gasteiger partial charge in [-0.25, -0.2) is 4.39 Å². The fraction of sp³-hybridized carbons (Fsp3) is 0.318. The molecule has 0 saturated carbocycles. The molecule has 0 atom stereocenters. The zero-order valence-corrected chi connectivity index (χ0v) is 17.4. The number of nitrogens with zero attached hydrogens (tertiary/aromatic N) is 2. The third kappa shape index (κ3) is 7.29. The number of carbonyl (C=O) groups is 3. The average Bonchev–Trinajstić information content (AvgIpc) is 2.70. The van der Waals surface area contributed by atoms with Gasteiger partial charge in [0.25, 0.3) is 0 Å². The van der Waals surface area contributed by atoms with E-state index in [4.69, 9.17) is 0 Å². The van der Waals surface area contributed by atoms with E-state index >= 15 is 0 Å². The van der Waals surface area contributed by atoms with Crippen molar-refractivity contribution in [1.82, 2.24) is 9.80 Å². The van der Waals surface area contributed by atoms with Crippen LogP contribution in [0.5, 0.6) is 0 Å². The quantitative estimate of drug-likeness (QED) is 0.661. The number of likely N-dealkylation sites (N-methyl/N-ethyl adjacent to an activating group) is 2. The zero-order valence-electron chi connectivity index (χ0n) is 17.4. The van der Waals surface area contributed by atoms with Gasteiger partial charge in [0.15, 0.2) is 0 Å². The smallest absolute Gasteiger partial charge is 0.238 e. The van der Waals surface area contributed by atoms with Crippen molar-refractivity contribution >= 4 is 29.1 Å². The van der Waals surface area contributed by atoms with Gasteiger partial charge >= 0.3 is 0 Å². The maximum absolute atomic E-state index is 13.8. The number of amides is 3. The maximum atomic E-state index is 13.8. The minimum absolute atomic E-state index is 0.0449. The maximum Gasteiger partial charge on any atom is 0.238 e. The molecule has 30 heavy (non-hydrogen) atoms. The molecule has 160 valence electrons. The summed E-state index contributed by atoms with van der Waals surface area (Å²) in [7, 11) is 1.61. The van der Waals surface area contributed by atoms with Crippen LogP contribution in [0, 0.1) is 5.82 Å². The molecule has 8 heteroatoms. The van der Waals surface area contributed by atoms with Crippen LogP contribution in [0.4, 0.5) is 15.8 Å². The molecular formula is C22H27FN4O3. The van der Waals surface area contributed by atoms with Gasteiger partial charge in [0.05, 0.1) is 13.1 Å². The van der Waals surface area contributed by atoms with Gasteiger partial charge in [0.1, 0.15) is 5.82 Å². The van der Waals surface area contributed by atoms with E-state index in [1.807, 2.05) is 6.92 Å². The lowest BCUT2D eigenvalue weighted by Crippen LogP contribution is -2.41. The number of rotatable bonds is 9. The van der Waals surface area contributed by atoms with E-state index in [0.29, 0.717) is 23.5 Å². The summed E-state index contributed by atoms with van der Waals surface area (Å²) in [5.41, 5.74) is 1.67. The van der Waals surface area contributed by atoms with E-state index in [0.717, 1.165) is 0 Å². The Morgan fingerprint density at radius 1 is 0.933 bits per heavy atom. The van der Waals surface area contributed by atoms with Crippen LogP contribution < -0.4 is 10.6 Å². The largest absolute Gasteiger partial charge is 0.340 e. The van der Waals surface area contributed by atoms with Crippen molar-refractivity contribution in [3.05, 3.63) is 59.9 Å². The topological polar surface area (TPSA) is 81.8 Å². The summed E-state index contributed by atoms with van der Waals surface area (Å²) < 4.78 is 13.8. The molecular weight excluding hydrogens is 387 g/mol. The Bertz CT molecular complexity index is 886. The molecule has 0 bridgehead atoms. The Morgan fingerprint density at radius 3 is 2.10 bits per heavy atom. The van der Waals surface area contributed by atoms with Gasteiger partial charge in [-0.1, -0.05) is 25.1 Å². The summed E-state index contributed by atoms with van der Waals surface area (Å²) in [6.45, 7) is 4.05. The number of nitrogens with one attached hydrogen (secondary N) is 2. The second-order valence-electron chi connectivity index (χ2n) is 6.95. The molecule has 0 radical (unpaired) electrons. The van der Waals surface area contributed by atoms with E-state index < -0.39 is 0 Å². The number of hydrogen-bond acceptors (Lipinski definition) is 4. The summed E-state index contributed by atoms with van der Waals surface area (Å²) in [6, 6.07) is 13.1. The highest BCUT2D eigenvalue weighted by atomic mass is 19.1. The molecule has 0 aliphatic carbocycles. The molecule has 2 rings (SSSR count). The van der Waals surface area contributed by atoms with Crippen molar-refractivity contribution in [2.45, 2.75) is 20.4 Å². The highest BCUT2D eigenvalue weighted by molar-refractivity contribution is 5.93. The number of anilines is 2. The Hall–Kier alpha value is -3.26. The molecule has 0 unspecified atom stereocenters. The van der Waals surface area contributed by atoms with Crippen LogP contribution in [0.1, 0.15) is 19.4 Å². The molecule has 3 amide bonds. The van der Waals surface area contributed by atoms with Crippen LogP contribution in [0.15, 0.2) is 48.5 Å². The number of benzene rings is 2. The molecule has 7 nitrogen and oxygen atoms in total. The molecule has 0 heterocycles. The molecule has 0 spiro atoms. The van der Waals surface area contributed by atoms with E-state index in [2.05, 4.69) is 10.6 Å². The lowest BCUT2D eigenvalue weighted by atomic mass is 10.2. The van der Waals surface area contributed by atoms with Gasteiger partial charge in [-0.2, -0.15) is 0 Å². The minimum Gasteiger partial charge on any atom is -0.340 e. The minimum atomic E-state index is -0.353. The monoisotopic (exact) mass is 414 g/mol. The summed E-state index contributed by atoms with van der Waals surface area (Å²) in [4.78, 5) is 39.0. The number of hydrogen-bond donors (Lipinski definition) is 2. The van der Waals surface area contributed by atoms with Crippen molar-refractivity contribution in [1.29, 1.82) is 0 Å². The molecule has 0 aliphatic rings. The lowest BCUT2D eigenvalue weighted by molar-refractivity contribution is -0.132. The van der Waals surface area contributed by atoms with Crippen LogP contribution in [0.25, 0.3) is 0 Å². The second-order valence-corrected chi connectivity index (χ2v) is 6.95. The van der Waals surface area contributed by atoms with Gasteiger partial charge in [-0.05, 0) is 36.9 Å². The Morgan fingerprint density at radius 2 is 1.53 bits per heavy atom. The van der Waals surface area contributed by atoms with Gasteiger partial charge < -0.3 is 15.5 Å². The zero-order chi connectivity index (χ0) is 22.1. The highest BCUT2D eigenvalue weighted by Gasteiger charge is 2.17. The molecule has 0 saturated heterocycles. The van der Waals surface area contributed by atoms with E-state index in [-0.39, 0.29) is 43.2 Å². The normalized spacial score (nSPS) is 10.6. The van der Waals surface area contributed by atoms with Crippen molar-refractivity contribution in [2.24, 2.45) is 0 Å². The molecule has 2 N–H and O–H groups in total. The Balaban J connectivity index is 1.86. The first-order valence-corrected chi connectivity index (χ1v) is 9.65. The van der Waals surface area contributed by atoms with Gasteiger partial charge in [0, 0.05) is 37.5 Å². The number of carbonyl (C=O) groups excluding carboxylic acids is 3. The van der Waals surface area contributed by atoms with Crippen LogP contribution in [-0.4, -0.2) is 54.2 Å². The fourth-order valence-corrected chi connectivity index (χ4v) is 2.81. The summed E-state index contributed by atoms with van der Waals surface area (Å²) in [5, 5.41) is 5.42. The third-order valence-corrected chi connectivity index (χ3v) is 4.45. The van der Waals surface area contributed by atoms with E-state index in [1.165, 1.54) is 17.9 Å². The van der Waals surface area contributed by atoms with Crippen molar-refractivity contribution in [3.63, 3.8) is 0 Å². The van der Waals surface area contributed by atoms with Gasteiger partial charge in [-0.3, -0.25) is 19.3 Å². The molecule has 0 aromatic heterocycles. The Kier molecular flexibility index (Phi) is 8.49. The summed E-state index contributed by atoms with van der Waals surface area (Å²) in [5.74, 6) is -0.982. The second kappa shape index (κ2) is 11.1. The highest BCUT2D eigenvalue weighted by Crippen LogP contribution is 2.13. The average molecular weight is 414 g/mol. The predicted octanol–water partition coefficient (Wildman–Crippen LogP) is 2.70. The van der Waals surface area contributed by atoms with Crippen molar-refractivity contribution < 1.29 is 18.8 Å². The molecule has 0 fully saturated rings. The van der Waals surface area contributed by atoms with Crippen molar-refractivity contribution in [3.8, 4) is 0 Å². The van der Waals surface area contributed by atoms with Gasteiger partial charge in [-0.15, -0.1) is 0 Å². The van der Waals surface area contributed by atoms with Crippen LogP contribution in [-0.2, 0) is 20.9 Å². The number of halogens is 1.